The summed E-state index contributed by atoms with van der Waals surface area (Å²) in [5.74, 6) is 0.453. The van der Waals surface area contributed by atoms with Crippen LogP contribution in [0.1, 0.15) is 46.7 Å². The molecule has 0 aliphatic rings. The molecule has 0 amide bonds. The van der Waals surface area contributed by atoms with Gasteiger partial charge < -0.3 is 10.1 Å². The van der Waals surface area contributed by atoms with Crippen LogP contribution in [0.5, 0.6) is 0 Å². The van der Waals surface area contributed by atoms with E-state index in [9.17, 15) is 4.79 Å². The van der Waals surface area contributed by atoms with Crippen LogP contribution in [-0.4, -0.2) is 24.1 Å². The number of carbonyl (C=O) groups is 1. The molecule has 1 N–H and O–H groups in total. The normalized spacial score (nSPS) is 11.7. The second-order valence-corrected chi connectivity index (χ2v) is 6.80. The molecular formula is C15H26N2O2S. The predicted molar refractivity (Wildman–Crippen MR) is 84.2 cm³/mol. The number of ether oxygens (including phenoxy) is 1. The van der Waals surface area contributed by atoms with Crippen LogP contribution < -0.4 is 5.32 Å². The van der Waals surface area contributed by atoms with Gasteiger partial charge >= 0.3 is 5.97 Å². The van der Waals surface area contributed by atoms with Crippen LogP contribution in [0.15, 0.2) is 5.38 Å². The van der Waals surface area contributed by atoms with Crippen molar-refractivity contribution >= 4 is 22.4 Å². The first kappa shape index (κ1) is 17.0. The standard InChI is InChI=1S/C15H26N2O2S/c1-6-19-13(18)8-7-12-9-20-14(17-12)16-10-15(4,5)11(2)3/h9,11H,6-8,10H2,1-5H3,(H,16,17). The van der Waals surface area contributed by atoms with Gasteiger partial charge in [-0.2, -0.15) is 0 Å². The summed E-state index contributed by atoms with van der Waals surface area (Å²) in [5.41, 5.74) is 1.18. The van der Waals surface area contributed by atoms with E-state index in [0.717, 1.165) is 17.4 Å². The number of carbonyl (C=O) groups excluding carboxylic acids is 1. The van der Waals surface area contributed by atoms with Gasteiger partial charge in [0.05, 0.1) is 18.7 Å². The van der Waals surface area contributed by atoms with Crippen LogP contribution in [-0.2, 0) is 16.0 Å². The lowest BCUT2D eigenvalue weighted by atomic mass is 9.81. The van der Waals surface area contributed by atoms with Crippen molar-refractivity contribution in [3.8, 4) is 0 Å². The number of rotatable bonds is 8. The van der Waals surface area contributed by atoms with Gasteiger partial charge in [-0.15, -0.1) is 11.3 Å². The van der Waals surface area contributed by atoms with E-state index in [1.54, 1.807) is 11.3 Å². The molecule has 0 fully saturated rings. The van der Waals surface area contributed by atoms with E-state index in [-0.39, 0.29) is 11.4 Å². The summed E-state index contributed by atoms with van der Waals surface area (Å²) in [5, 5.41) is 6.32. The third-order valence-corrected chi connectivity index (χ3v) is 4.55. The number of aromatic nitrogens is 1. The quantitative estimate of drug-likeness (QED) is 0.743. The first-order valence-electron chi connectivity index (χ1n) is 7.19. The summed E-state index contributed by atoms with van der Waals surface area (Å²) in [6, 6.07) is 0. The van der Waals surface area contributed by atoms with Crippen LogP contribution >= 0.6 is 11.3 Å². The van der Waals surface area contributed by atoms with Gasteiger partial charge in [-0.1, -0.05) is 27.7 Å². The number of anilines is 1. The smallest absolute Gasteiger partial charge is 0.306 e. The highest BCUT2D eigenvalue weighted by Gasteiger charge is 2.22. The Bertz CT molecular complexity index is 427. The van der Waals surface area contributed by atoms with Gasteiger partial charge in [0, 0.05) is 18.3 Å². The molecule has 5 heteroatoms. The molecule has 114 valence electrons. The number of thiazole rings is 1. The molecule has 0 spiro atoms. The van der Waals surface area contributed by atoms with Crippen molar-refractivity contribution in [2.75, 3.05) is 18.5 Å². The number of hydrogen-bond donors (Lipinski definition) is 1. The molecule has 20 heavy (non-hydrogen) atoms. The van der Waals surface area contributed by atoms with E-state index < -0.39 is 0 Å². The van der Waals surface area contributed by atoms with E-state index in [2.05, 4.69) is 38.0 Å². The van der Waals surface area contributed by atoms with Gasteiger partial charge in [0.2, 0.25) is 0 Å². The highest BCUT2D eigenvalue weighted by Crippen LogP contribution is 2.27. The van der Waals surface area contributed by atoms with Gasteiger partial charge in [-0.3, -0.25) is 4.79 Å². The van der Waals surface area contributed by atoms with E-state index in [1.807, 2.05) is 12.3 Å². The number of nitrogens with zero attached hydrogens (tertiary/aromatic N) is 1. The SMILES string of the molecule is CCOC(=O)CCc1csc(NCC(C)(C)C(C)C)n1. The van der Waals surface area contributed by atoms with E-state index in [1.165, 1.54) is 0 Å². The molecule has 0 aromatic carbocycles. The summed E-state index contributed by atoms with van der Waals surface area (Å²) in [4.78, 5) is 15.8. The molecule has 1 heterocycles. The monoisotopic (exact) mass is 298 g/mol. The minimum atomic E-state index is -0.157. The molecule has 1 rings (SSSR count). The van der Waals surface area contributed by atoms with Crippen LogP contribution in [0.4, 0.5) is 5.13 Å². The molecule has 0 saturated carbocycles. The average molecular weight is 298 g/mol. The number of esters is 1. The second-order valence-electron chi connectivity index (χ2n) is 5.95. The Balaban J connectivity index is 2.42. The number of nitrogens with one attached hydrogen (secondary N) is 1. The Morgan fingerprint density at radius 1 is 1.50 bits per heavy atom. The number of hydrogen-bond acceptors (Lipinski definition) is 5. The topological polar surface area (TPSA) is 51.2 Å². The van der Waals surface area contributed by atoms with Crippen molar-refractivity contribution in [3.63, 3.8) is 0 Å². The molecule has 1 aromatic heterocycles. The Hall–Kier alpha value is -1.10. The summed E-state index contributed by atoms with van der Waals surface area (Å²) >= 11 is 1.59. The van der Waals surface area contributed by atoms with Crippen LogP contribution in [0.2, 0.25) is 0 Å². The van der Waals surface area contributed by atoms with Gasteiger partial charge in [0.25, 0.3) is 0 Å². The molecule has 4 nitrogen and oxygen atoms in total. The van der Waals surface area contributed by atoms with Crippen LogP contribution in [0.3, 0.4) is 0 Å². The van der Waals surface area contributed by atoms with E-state index >= 15 is 0 Å². The first-order valence-corrected chi connectivity index (χ1v) is 8.07. The largest absolute Gasteiger partial charge is 0.466 e. The fraction of sp³-hybridized carbons (Fsp3) is 0.733. The van der Waals surface area contributed by atoms with E-state index in [4.69, 9.17) is 4.74 Å². The molecule has 0 radical (unpaired) electrons. The van der Waals surface area contributed by atoms with Crippen molar-refractivity contribution in [1.82, 2.24) is 4.98 Å². The highest BCUT2D eigenvalue weighted by molar-refractivity contribution is 7.13. The molecule has 0 saturated heterocycles. The first-order chi connectivity index (χ1) is 9.35. The Kier molecular flexibility index (Phi) is 6.46. The third kappa shape index (κ3) is 5.49. The number of aryl methyl sites for hydroxylation is 1. The Morgan fingerprint density at radius 2 is 2.20 bits per heavy atom. The molecule has 0 bridgehead atoms. The predicted octanol–water partition coefficient (Wildman–Crippen LogP) is 3.73. The fourth-order valence-corrected chi connectivity index (χ4v) is 2.22. The zero-order chi connectivity index (χ0) is 15.2. The van der Waals surface area contributed by atoms with Crippen LogP contribution in [0, 0.1) is 11.3 Å². The van der Waals surface area contributed by atoms with Crippen molar-refractivity contribution in [2.45, 2.75) is 47.5 Å². The maximum Gasteiger partial charge on any atom is 0.306 e. The van der Waals surface area contributed by atoms with Crippen molar-refractivity contribution in [1.29, 1.82) is 0 Å². The van der Waals surface area contributed by atoms with Crippen molar-refractivity contribution in [2.24, 2.45) is 11.3 Å². The lowest BCUT2D eigenvalue weighted by Crippen LogP contribution is -2.28. The zero-order valence-electron chi connectivity index (χ0n) is 13.2. The fourth-order valence-electron chi connectivity index (χ4n) is 1.47. The molecular weight excluding hydrogens is 272 g/mol. The van der Waals surface area contributed by atoms with Crippen molar-refractivity contribution in [3.05, 3.63) is 11.1 Å². The lowest BCUT2D eigenvalue weighted by Gasteiger charge is -2.29. The van der Waals surface area contributed by atoms with Gasteiger partial charge in [0.1, 0.15) is 0 Å². The molecule has 0 aliphatic carbocycles. The zero-order valence-corrected chi connectivity index (χ0v) is 14.0. The average Bonchev–Trinajstić information content (AvgIpc) is 2.82. The highest BCUT2D eigenvalue weighted by atomic mass is 32.1. The third-order valence-electron chi connectivity index (χ3n) is 3.70. The Labute approximate surface area is 125 Å². The molecule has 0 unspecified atom stereocenters. The minimum Gasteiger partial charge on any atom is -0.466 e. The molecule has 0 atom stereocenters. The summed E-state index contributed by atoms with van der Waals surface area (Å²) in [6.07, 6.45) is 1.04. The summed E-state index contributed by atoms with van der Waals surface area (Å²) in [7, 11) is 0. The van der Waals surface area contributed by atoms with Gasteiger partial charge in [-0.25, -0.2) is 4.98 Å². The van der Waals surface area contributed by atoms with Crippen LogP contribution in [0.25, 0.3) is 0 Å². The molecule has 0 aliphatic heterocycles. The second kappa shape index (κ2) is 7.62. The van der Waals surface area contributed by atoms with Gasteiger partial charge in [-0.05, 0) is 18.3 Å². The molecule has 1 aromatic rings. The summed E-state index contributed by atoms with van der Waals surface area (Å²) in [6.45, 7) is 12.1. The maximum atomic E-state index is 11.3. The van der Waals surface area contributed by atoms with Crippen molar-refractivity contribution < 1.29 is 9.53 Å². The lowest BCUT2D eigenvalue weighted by molar-refractivity contribution is -0.143. The van der Waals surface area contributed by atoms with E-state index in [0.29, 0.717) is 25.4 Å². The summed E-state index contributed by atoms with van der Waals surface area (Å²) < 4.78 is 4.91. The minimum absolute atomic E-state index is 0.157. The Morgan fingerprint density at radius 3 is 2.80 bits per heavy atom. The maximum absolute atomic E-state index is 11.3. The van der Waals surface area contributed by atoms with Gasteiger partial charge in [0.15, 0.2) is 5.13 Å².